The van der Waals surface area contributed by atoms with Crippen LogP contribution in [0.4, 0.5) is 11.4 Å². The van der Waals surface area contributed by atoms with Crippen molar-refractivity contribution in [1.29, 1.82) is 0 Å². The molecule has 1 aromatic heterocycles. The number of carbonyl (C=O) groups is 1. The summed E-state index contributed by atoms with van der Waals surface area (Å²) in [5.41, 5.74) is 6.07. The maximum atomic E-state index is 12.9. The zero-order chi connectivity index (χ0) is 22.5. The summed E-state index contributed by atoms with van der Waals surface area (Å²) >= 11 is 5.06. The molecule has 0 atom stereocenters. The van der Waals surface area contributed by atoms with Crippen molar-refractivity contribution in [2.45, 2.75) is 26.9 Å². The third-order valence-electron chi connectivity index (χ3n) is 5.37. The first kappa shape index (κ1) is 22.1. The van der Waals surface area contributed by atoms with Gasteiger partial charge in [-0.15, -0.1) is 23.1 Å². The number of hydrogen-bond donors (Lipinski definition) is 1. The molecular formula is C26H23N3OS3. The molecular weight excluding hydrogens is 467 g/mol. The Kier molecular flexibility index (Phi) is 7.00. The first-order valence-electron chi connectivity index (χ1n) is 10.8. The van der Waals surface area contributed by atoms with E-state index in [0.717, 1.165) is 34.9 Å². The maximum absolute atomic E-state index is 12.9. The number of fused-ring (bicyclic) bond motifs is 2. The molecule has 1 amide bonds. The minimum atomic E-state index is -0.0219. The minimum absolute atomic E-state index is 0.0219. The van der Waals surface area contributed by atoms with Crippen molar-refractivity contribution in [3.8, 4) is 0 Å². The second kappa shape index (κ2) is 10.5. The van der Waals surface area contributed by atoms with Crippen LogP contribution in [0.1, 0.15) is 22.5 Å². The molecule has 3 aromatic carbocycles. The van der Waals surface area contributed by atoms with Crippen molar-refractivity contribution in [2.75, 3.05) is 18.0 Å². The molecule has 0 spiro atoms. The van der Waals surface area contributed by atoms with Gasteiger partial charge >= 0.3 is 0 Å². The molecule has 0 fully saturated rings. The minimum Gasteiger partial charge on any atom is -0.352 e. The molecule has 1 N–H and O–H groups in total. The van der Waals surface area contributed by atoms with Crippen LogP contribution in [0.2, 0.25) is 0 Å². The van der Waals surface area contributed by atoms with Gasteiger partial charge in [-0.1, -0.05) is 48.2 Å². The summed E-state index contributed by atoms with van der Waals surface area (Å²) < 4.78 is 0. The molecule has 0 bridgehead atoms. The fourth-order valence-corrected chi connectivity index (χ4v) is 6.51. The van der Waals surface area contributed by atoms with Crippen LogP contribution in [0.15, 0.2) is 98.4 Å². The summed E-state index contributed by atoms with van der Waals surface area (Å²) in [4.78, 5) is 23.1. The van der Waals surface area contributed by atoms with Crippen molar-refractivity contribution < 1.29 is 4.79 Å². The van der Waals surface area contributed by atoms with Gasteiger partial charge in [0.2, 0.25) is 0 Å². The average Bonchev–Trinajstić information content (AvgIpc) is 3.38. The number of para-hydroxylation sites is 2. The van der Waals surface area contributed by atoms with E-state index in [1.165, 1.54) is 21.2 Å². The van der Waals surface area contributed by atoms with Crippen molar-refractivity contribution in [2.24, 2.45) is 0 Å². The summed E-state index contributed by atoms with van der Waals surface area (Å²) in [6.07, 6.45) is 0.854. The number of amides is 1. The van der Waals surface area contributed by atoms with Crippen LogP contribution in [0.3, 0.4) is 0 Å². The lowest BCUT2D eigenvalue weighted by molar-refractivity contribution is 0.0950. The summed E-state index contributed by atoms with van der Waals surface area (Å²) in [6.45, 7) is 1.47. The fourth-order valence-electron chi connectivity index (χ4n) is 3.80. The third-order valence-corrected chi connectivity index (χ3v) is 8.24. The Labute approximate surface area is 206 Å². The zero-order valence-corrected chi connectivity index (χ0v) is 20.4. The standard InChI is InChI=1S/C26H23N3OS3/c30-26(20-8-1-4-11-23(20)32-17-19-16-31-18-28-19)27-14-7-15-29-21-9-2-5-12-24(21)33-25-13-6-3-10-22(25)29/h1-6,8-13,16,18H,7,14-15,17H2,(H,27,30). The smallest absolute Gasteiger partial charge is 0.252 e. The lowest BCUT2D eigenvalue weighted by Gasteiger charge is -2.32. The van der Waals surface area contributed by atoms with E-state index >= 15 is 0 Å². The van der Waals surface area contributed by atoms with Crippen LogP contribution in [0, 0.1) is 0 Å². The van der Waals surface area contributed by atoms with Crippen molar-refractivity contribution in [3.05, 3.63) is 94.9 Å². The fraction of sp³-hybridized carbons (Fsp3) is 0.154. The lowest BCUT2D eigenvalue weighted by Crippen LogP contribution is -2.29. The molecule has 2 heterocycles. The van der Waals surface area contributed by atoms with E-state index < -0.39 is 0 Å². The second-order valence-electron chi connectivity index (χ2n) is 7.56. The van der Waals surface area contributed by atoms with Gasteiger partial charge in [-0.05, 0) is 42.8 Å². The van der Waals surface area contributed by atoms with Crippen LogP contribution in [-0.2, 0) is 5.75 Å². The highest BCUT2D eigenvalue weighted by atomic mass is 32.2. The molecule has 0 saturated heterocycles. The number of nitrogens with zero attached hydrogens (tertiary/aromatic N) is 2. The van der Waals surface area contributed by atoms with Crippen LogP contribution < -0.4 is 10.2 Å². The van der Waals surface area contributed by atoms with Gasteiger partial charge in [0.1, 0.15) is 0 Å². The molecule has 5 rings (SSSR count). The number of rotatable bonds is 8. The van der Waals surface area contributed by atoms with Gasteiger partial charge in [-0.2, -0.15) is 0 Å². The molecule has 33 heavy (non-hydrogen) atoms. The van der Waals surface area contributed by atoms with E-state index in [0.29, 0.717) is 6.54 Å². The normalized spacial score (nSPS) is 12.2. The van der Waals surface area contributed by atoms with Gasteiger partial charge < -0.3 is 10.2 Å². The van der Waals surface area contributed by atoms with E-state index in [1.807, 2.05) is 46.9 Å². The Balaban J connectivity index is 1.21. The van der Waals surface area contributed by atoms with Crippen LogP contribution in [0.25, 0.3) is 0 Å². The van der Waals surface area contributed by atoms with Crippen LogP contribution in [0.5, 0.6) is 0 Å². The Bertz CT molecular complexity index is 1200. The molecule has 7 heteroatoms. The predicted molar refractivity (Wildman–Crippen MR) is 139 cm³/mol. The molecule has 1 aliphatic rings. The number of benzene rings is 3. The number of aromatic nitrogens is 1. The number of thiazole rings is 1. The van der Waals surface area contributed by atoms with Crippen LogP contribution in [-0.4, -0.2) is 24.0 Å². The maximum Gasteiger partial charge on any atom is 0.252 e. The van der Waals surface area contributed by atoms with E-state index in [-0.39, 0.29) is 5.91 Å². The van der Waals surface area contributed by atoms with E-state index in [9.17, 15) is 4.79 Å². The highest BCUT2D eigenvalue weighted by molar-refractivity contribution is 7.99. The van der Waals surface area contributed by atoms with Crippen molar-refractivity contribution in [3.63, 3.8) is 0 Å². The van der Waals surface area contributed by atoms with Gasteiger partial charge in [0, 0.05) is 38.9 Å². The Morgan fingerprint density at radius 2 is 1.64 bits per heavy atom. The van der Waals surface area contributed by atoms with Gasteiger partial charge in [0.05, 0.1) is 28.1 Å². The predicted octanol–water partition coefficient (Wildman–Crippen LogP) is 6.86. The highest BCUT2D eigenvalue weighted by Gasteiger charge is 2.22. The molecule has 0 saturated carbocycles. The molecule has 0 radical (unpaired) electrons. The van der Waals surface area contributed by atoms with Gasteiger partial charge in [-0.25, -0.2) is 4.98 Å². The SMILES string of the molecule is O=C(NCCCN1c2ccccc2Sc2ccccc21)c1ccccc1SCc1cscn1. The summed E-state index contributed by atoms with van der Waals surface area (Å²) in [6, 6.07) is 24.8. The number of hydrogen-bond acceptors (Lipinski definition) is 6. The van der Waals surface area contributed by atoms with Crippen molar-refractivity contribution >= 4 is 52.1 Å². The molecule has 1 aliphatic heterocycles. The van der Waals surface area contributed by atoms with E-state index in [1.54, 1.807) is 23.1 Å². The molecule has 0 aliphatic carbocycles. The topological polar surface area (TPSA) is 45.2 Å². The van der Waals surface area contributed by atoms with Crippen LogP contribution >= 0.6 is 34.9 Å². The molecule has 4 aromatic rings. The zero-order valence-electron chi connectivity index (χ0n) is 17.9. The number of anilines is 2. The number of carbonyl (C=O) groups excluding carboxylic acids is 1. The van der Waals surface area contributed by atoms with E-state index in [2.05, 4.69) is 63.7 Å². The number of nitrogens with one attached hydrogen (secondary N) is 1. The second-order valence-corrected chi connectivity index (χ2v) is 10.4. The first-order chi connectivity index (χ1) is 16.3. The highest BCUT2D eigenvalue weighted by Crippen LogP contribution is 2.47. The average molecular weight is 490 g/mol. The monoisotopic (exact) mass is 489 g/mol. The molecule has 4 nitrogen and oxygen atoms in total. The quantitative estimate of drug-likeness (QED) is 0.216. The van der Waals surface area contributed by atoms with Crippen molar-refractivity contribution in [1.82, 2.24) is 10.3 Å². The summed E-state index contributed by atoms with van der Waals surface area (Å²) in [5.74, 6) is 0.742. The number of thioether (sulfide) groups is 1. The Morgan fingerprint density at radius 3 is 2.36 bits per heavy atom. The lowest BCUT2D eigenvalue weighted by atomic mass is 10.2. The Morgan fingerprint density at radius 1 is 0.939 bits per heavy atom. The molecule has 0 unspecified atom stereocenters. The van der Waals surface area contributed by atoms with Gasteiger partial charge in [0.15, 0.2) is 0 Å². The van der Waals surface area contributed by atoms with Gasteiger partial charge in [0.25, 0.3) is 5.91 Å². The summed E-state index contributed by atoms with van der Waals surface area (Å²) in [5, 5.41) is 5.17. The largest absolute Gasteiger partial charge is 0.352 e. The molecule has 166 valence electrons. The summed E-state index contributed by atoms with van der Waals surface area (Å²) in [7, 11) is 0. The van der Waals surface area contributed by atoms with E-state index in [4.69, 9.17) is 0 Å². The Hall–Kier alpha value is -2.74. The third kappa shape index (κ3) is 5.11. The first-order valence-corrected chi connectivity index (χ1v) is 13.5. The van der Waals surface area contributed by atoms with Gasteiger partial charge in [-0.3, -0.25) is 4.79 Å².